The summed E-state index contributed by atoms with van der Waals surface area (Å²) in [5.74, 6) is -0.0703. The first kappa shape index (κ1) is 22.9. The number of piperazine rings is 1. The van der Waals surface area contributed by atoms with E-state index < -0.39 is 12.3 Å². The highest BCUT2D eigenvalue weighted by Gasteiger charge is 2.51. The summed E-state index contributed by atoms with van der Waals surface area (Å²) in [6.07, 6.45) is 4.66. The third-order valence-electron chi connectivity index (χ3n) is 7.92. The molecule has 5 rings (SSSR count). The predicted molar refractivity (Wildman–Crippen MR) is 125 cm³/mol. The average Bonchev–Trinajstić information content (AvgIpc) is 3.46. The van der Waals surface area contributed by atoms with Gasteiger partial charge in [-0.15, -0.1) is 0 Å². The second-order valence-electron chi connectivity index (χ2n) is 10.0. The zero-order valence-corrected chi connectivity index (χ0v) is 19.8. The quantitative estimate of drug-likeness (QED) is 0.682. The smallest absolute Gasteiger partial charge is 0.322 e. The summed E-state index contributed by atoms with van der Waals surface area (Å²) in [6, 6.07) is 6.09. The molecule has 3 saturated heterocycles. The molecule has 3 aliphatic heterocycles. The van der Waals surface area contributed by atoms with Gasteiger partial charge in [-0.1, -0.05) is 17.7 Å². The molecule has 3 amide bonds. The lowest BCUT2D eigenvalue weighted by Crippen LogP contribution is -2.62. The minimum atomic E-state index is -0.559. The summed E-state index contributed by atoms with van der Waals surface area (Å²) in [7, 11) is 0. The van der Waals surface area contributed by atoms with Gasteiger partial charge in [-0.3, -0.25) is 4.79 Å². The third-order valence-corrected chi connectivity index (χ3v) is 8.16. The lowest BCUT2D eigenvalue weighted by Gasteiger charge is -2.42. The molecule has 0 bridgehead atoms. The SMILES string of the molecule is C[C@H]1C(=O)N2[C@@H](CCCN3CCC4(CC4)[C@H](O)C3)CO[C@H]2CN1C(=O)Nc1cccc(Cl)c1. The Morgan fingerprint density at radius 3 is 2.85 bits per heavy atom. The Balaban J connectivity index is 1.13. The van der Waals surface area contributed by atoms with Crippen molar-refractivity contribution in [1.29, 1.82) is 0 Å². The second-order valence-corrected chi connectivity index (χ2v) is 10.5. The van der Waals surface area contributed by atoms with E-state index in [2.05, 4.69) is 10.2 Å². The van der Waals surface area contributed by atoms with Crippen molar-refractivity contribution in [2.24, 2.45) is 5.41 Å². The Hall–Kier alpha value is -1.87. The molecule has 8 nitrogen and oxygen atoms in total. The van der Waals surface area contributed by atoms with Gasteiger partial charge in [0, 0.05) is 17.3 Å². The Labute approximate surface area is 199 Å². The summed E-state index contributed by atoms with van der Waals surface area (Å²) < 4.78 is 5.94. The molecular formula is C24H33ClN4O4. The summed E-state index contributed by atoms with van der Waals surface area (Å²) in [5.41, 5.74) is 0.819. The van der Waals surface area contributed by atoms with Crippen molar-refractivity contribution in [3.05, 3.63) is 29.3 Å². The van der Waals surface area contributed by atoms with E-state index >= 15 is 0 Å². The Morgan fingerprint density at radius 2 is 2.12 bits per heavy atom. The number of halogens is 1. The van der Waals surface area contributed by atoms with Gasteiger partial charge < -0.3 is 29.9 Å². The summed E-state index contributed by atoms with van der Waals surface area (Å²) in [6.45, 7) is 5.36. The van der Waals surface area contributed by atoms with Gasteiger partial charge in [0.2, 0.25) is 5.91 Å². The van der Waals surface area contributed by atoms with Crippen LogP contribution in [0.4, 0.5) is 10.5 Å². The molecule has 9 heteroatoms. The van der Waals surface area contributed by atoms with E-state index in [-0.39, 0.29) is 29.5 Å². The number of carbonyl (C=O) groups is 2. The van der Waals surface area contributed by atoms with Gasteiger partial charge in [0.1, 0.15) is 6.04 Å². The summed E-state index contributed by atoms with van der Waals surface area (Å²) in [5, 5.41) is 13.8. The molecule has 4 aliphatic rings. The van der Waals surface area contributed by atoms with E-state index in [9.17, 15) is 14.7 Å². The van der Waals surface area contributed by atoms with Crippen molar-refractivity contribution in [3.8, 4) is 0 Å². The summed E-state index contributed by atoms with van der Waals surface area (Å²) in [4.78, 5) is 31.8. The number of hydrogen-bond acceptors (Lipinski definition) is 5. The van der Waals surface area contributed by atoms with E-state index in [1.165, 1.54) is 17.7 Å². The number of nitrogens with one attached hydrogen (secondary N) is 1. The first-order chi connectivity index (χ1) is 15.9. The van der Waals surface area contributed by atoms with Crippen LogP contribution < -0.4 is 5.32 Å². The van der Waals surface area contributed by atoms with Crippen LogP contribution in [0.25, 0.3) is 0 Å². The van der Waals surface area contributed by atoms with Crippen LogP contribution in [0, 0.1) is 5.41 Å². The Morgan fingerprint density at radius 1 is 1.30 bits per heavy atom. The van der Waals surface area contributed by atoms with E-state index in [0.717, 1.165) is 38.9 Å². The largest absolute Gasteiger partial charge is 0.391 e. The van der Waals surface area contributed by atoms with Gasteiger partial charge >= 0.3 is 6.03 Å². The number of urea groups is 1. The topological polar surface area (TPSA) is 85.4 Å². The number of ether oxygens (including phenoxy) is 1. The Kier molecular flexibility index (Phi) is 6.29. The van der Waals surface area contributed by atoms with Gasteiger partial charge in [-0.2, -0.15) is 0 Å². The van der Waals surface area contributed by atoms with Crippen molar-refractivity contribution in [2.45, 2.75) is 63.4 Å². The van der Waals surface area contributed by atoms with Crippen molar-refractivity contribution < 1.29 is 19.4 Å². The molecule has 4 fully saturated rings. The van der Waals surface area contributed by atoms with Gasteiger partial charge in [-0.25, -0.2) is 4.79 Å². The number of hydrogen-bond donors (Lipinski definition) is 2. The van der Waals surface area contributed by atoms with E-state index in [1.54, 1.807) is 31.2 Å². The fourth-order valence-electron chi connectivity index (χ4n) is 5.57. The molecule has 1 saturated carbocycles. The highest BCUT2D eigenvalue weighted by molar-refractivity contribution is 6.30. The number of piperidine rings is 1. The average molecular weight is 477 g/mol. The monoisotopic (exact) mass is 476 g/mol. The lowest BCUT2D eigenvalue weighted by atomic mass is 9.90. The molecular weight excluding hydrogens is 444 g/mol. The first-order valence-electron chi connectivity index (χ1n) is 12.0. The van der Waals surface area contributed by atoms with Crippen molar-refractivity contribution in [3.63, 3.8) is 0 Å². The molecule has 1 aliphatic carbocycles. The number of carbonyl (C=O) groups excluding carboxylic acids is 2. The molecule has 1 aromatic carbocycles. The van der Waals surface area contributed by atoms with Gasteiger partial charge in [0.05, 0.1) is 25.3 Å². The van der Waals surface area contributed by atoms with Gasteiger partial charge in [-0.05, 0) is 75.7 Å². The van der Waals surface area contributed by atoms with Crippen molar-refractivity contribution >= 4 is 29.2 Å². The standard InChI is InChI=1S/C24H33ClN4O4/c1-16-22(31)29-19(6-3-10-27-11-9-24(7-8-24)20(30)13-27)15-33-21(29)14-28(16)23(32)26-18-5-2-4-17(25)12-18/h2,4-5,12,16,19-21,30H,3,6-11,13-15H2,1H3,(H,26,32)/t16-,19-,20+,21-/m0/s1. The molecule has 3 heterocycles. The number of likely N-dealkylation sites (tertiary alicyclic amines) is 1. The third kappa shape index (κ3) is 4.58. The maximum Gasteiger partial charge on any atom is 0.322 e. The highest BCUT2D eigenvalue weighted by Crippen LogP contribution is 2.53. The molecule has 180 valence electrons. The van der Waals surface area contributed by atoms with E-state index in [4.69, 9.17) is 16.3 Å². The molecule has 4 atom stereocenters. The van der Waals surface area contributed by atoms with Crippen LogP contribution in [0.1, 0.15) is 39.0 Å². The Bertz CT molecular complexity index is 910. The maximum atomic E-state index is 13.2. The number of anilines is 1. The van der Waals surface area contributed by atoms with Crippen molar-refractivity contribution in [1.82, 2.24) is 14.7 Å². The minimum absolute atomic E-state index is 0.0348. The number of aliphatic hydroxyl groups excluding tert-OH is 1. The fraction of sp³-hybridized carbons (Fsp3) is 0.667. The molecule has 2 N–H and O–H groups in total. The van der Waals surface area contributed by atoms with Crippen LogP contribution in [0.2, 0.25) is 5.02 Å². The van der Waals surface area contributed by atoms with E-state index in [0.29, 0.717) is 23.9 Å². The number of fused-ring (bicyclic) bond motifs is 1. The number of nitrogens with zero attached hydrogens (tertiary/aromatic N) is 3. The van der Waals surface area contributed by atoms with Gasteiger partial charge in [0.25, 0.3) is 0 Å². The van der Waals surface area contributed by atoms with Crippen LogP contribution >= 0.6 is 11.6 Å². The molecule has 0 radical (unpaired) electrons. The fourth-order valence-corrected chi connectivity index (χ4v) is 5.76. The first-order valence-corrected chi connectivity index (χ1v) is 12.4. The predicted octanol–water partition coefficient (Wildman–Crippen LogP) is 2.76. The van der Waals surface area contributed by atoms with Crippen LogP contribution in [0.3, 0.4) is 0 Å². The van der Waals surface area contributed by atoms with E-state index in [1.807, 2.05) is 4.90 Å². The molecule has 33 heavy (non-hydrogen) atoms. The molecule has 1 aromatic rings. The van der Waals surface area contributed by atoms with Crippen LogP contribution in [-0.4, -0.2) is 88.9 Å². The van der Waals surface area contributed by atoms with Crippen LogP contribution in [0.5, 0.6) is 0 Å². The van der Waals surface area contributed by atoms with Crippen molar-refractivity contribution in [2.75, 3.05) is 38.1 Å². The molecule has 1 spiro atoms. The molecule has 0 unspecified atom stereocenters. The highest BCUT2D eigenvalue weighted by atomic mass is 35.5. The number of rotatable bonds is 5. The van der Waals surface area contributed by atoms with Crippen LogP contribution in [-0.2, 0) is 9.53 Å². The normalized spacial score (nSPS) is 31.1. The number of amides is 3. The van der Waals surface area contributed by atoms with Crippen LogP contribution in [0.15, 0.2) is 24.3 Å². The zero-order chi connectivity index (χ0) is 23.2. The number of benzene rings is 1. The summed E-state index contributed by atoms with van der Waals surface area (Å²) >= 11 is 6.01. The molecule has 0 aromatic heterocycles. The second kappa shape index (κ2) is 9.06. The number of β-amino-alcohol motifs (C(OH)–C–C–N with tert-alkyl or cyclic N) is 1. The lowest BCUT2D eigenvalue weighted by molar-refractivity contribution is -0.150. The maximum absolute atomic E-state index is 13.2. The number of aliphatic hydroxyl groups is 1. The minimum Gasteiger partial charge on any atom is -0.391 e. The zero-order valence-electron chi connectivity index (χ0n) is 19.1. The van der Waals surface area contributed by atoms with Gasteiger partial charge in [0.15, 0.2) is 6.23 Å².